The molecular formula is C17H18BrN2O+. The number of aromatic nitrogens is 2. The Bertz CT molecular complexity index is 808. The van der Waals surface area contributed by atoms with Crippen LogP contribution >= 0.6 is 15.9 Å². The Balaban J connectivity index is 2.14. The Labute approximate surface area is 132 Å². The number of pyridine rings is 1. The summed E-state index contributed by atoms with van der Waals surface area (Å²) in [7, 11) is 0. The van der Waals surface area contributed by atoms with E-state index >= 15 is 0 Å². The Morgan fingerprint density at radius 3 is 2.76 bits per heavy atom. The summed E-state index contributed by atoms with van der Waals surface area (Å²) in [4.78, 5) is 4.65. The molecule has 0 radical (unpaired) electrons. The highest BCUT2D eigenvalue weighted by atomic mass is 79.9. The third-order valence-corrected chi connectivity index (χ3v) is 3.87. The van der Waals surface area contributed by atoms with Gasteiger partial charge in [0.2, 0.25) is 5.89 Å². The molecular weight excluding hydrogens is 328 g/mol. The normalized spacial score (nSPS) is 11.2. The molecule has 0 amide bonds. The molecule has 0 N–H and O–H groups in total. The second kappa shape index (κ2) is 5.60. The van der Waals surface area contributed by atoms with Crippen LogP contribution in [0, 0.1) is 13.8 Å². The molecule has 0 aliphatic rings. The van der Waals surface area contributed by atoms with E-state index in [1.807, 2.05) is 6.07 Å². The lowest BCUT2D eigenvalue weighted by molar-refractivity contribution is -0.697. The molecule has 0 unspecified atom stereocenters. The molecule has 3 nitrogen and oxygen atoms in total. The fraction of sp³-hybridized carbons (Fsp3) is 0.294. The van der Waals surface area contributed by atoms with E-state index in [0.29, 0.717) is 5.89 Å². The summed E-state index contributed by atoms with van der Waals surface area (Å²) in [6, 6.07) is 6.22. The molecule has 0 spiro atoms. The van der Waals surface area contributed by atoms with Crippen molar-refractivity contribution >= 4 is 27.0 Å². The predicted octanol–water partition coefficient (Wildman–Crippen LogP) is 4.57. The first-order valence-electron chi connectivity index (χ1n) is 7.14. The first kappa shape index (κ1) is 14.3. The fourth-order valence-corrected chi connectivity index (χ4v) is 3.11. The third-order valence-electron chi connectivity index (χ3n) is 3.44. The molecule has 0 atom stereocenters. The number of rotatable bonds is 3. The van der Waals surface area contributed by atoms with Gasteiger partial charge in [0.15, 0.2) is 18.0 Å². The number of oxazole rings is 1. The van der Waals surface area contributed by atoms with Gasteiger partial charge in [0, 0.05) is 6.42 Å². The highest BCUT2D eigenvalue weighted by molar-refractivity contribution is 9.10. The van der Waals surface area contributed by atoms with Crippen molar-refractivity contribution in [2.75, 3.05) is 0 Å². The maximum absolute atomic E-state index is 5.98. The van der Waals surface area contributed by atoms with E-state index in [-0.39, 0.29) is 0 Å². The van der Waals surface area contributed by atoms with Crippen LogP contribution in [0.2, 0.25) is 0 Å². The van der Waals surface area contributed by atoms with Crippen molar-refractivity contribution in [3.8, 4) is 11.5 Å². The third kappa shape index (κ3) is 2.86. The molecule has 0 bridgehead atoms. The first-order valence-corrected chi connectivity index (χ1v) is 7.94. The fourth-order valence-electron chi connectivity index (χ4n) is 2.60. The minimum absolute atomic E-state index is 0.671. The number of benzene rings is 1. The van der Waals surface area contributed by atoms with Crippen LogP contribution < -0.4 is 4.57 Å². The largest absolute Gasteiger partial charge is 0.436 e. The smallest absolute Gasteiger partial charge is 0.233 e. The van der Waals surface area contributed by atoms with E-state index in [1.54, 1.807) is 0 Å². The Morgan fingerprint density at radius 2 is 2.00 bits per heavy atom. The van der Waals surface area contributed by atoms with Gasteiger partial charge in [0.1, 0.15) is 17.6 Å². The lowest BCUT2D eigenvalue weighted by atomic mass is 10.1. The first-order chi connectivity index (χ1) is 10.1. The van der Waals surface area contributed by atoms with Gasteiger partial charge in [-0.1, -0.05) is 13.0 Å². The second-order valence-corrected chi connectivity index (χ2v) is 6.35. The van der Waals surface area contributed by atoms with Gasteiger partial charge in [0.25, 0.3) is 0 Å². The minimum atomic E-state index is 0.671. The summed E-state index contributed by atoms with van der Waals surface area (Å²) in [5, 5.41) is 0. The van der Waals surface area contributed by atoms with Gasteiger partial charge in [-0.3, -0.25) is 0 Å². The van der Waals surface area contributed by atoms with Gasteiger partial charge in [-0.05, 0) is 53.0 Å². The standard InChI is InChI=1S/C17H18BrN2O/c1-4-5-20-9-13(8-14(18)10-20)17-19-15-7-11(2)6-12(3)16(15)21-17/h6-10H,4-5H2,1-3H3/q+1. The van der Waals surface area contributed by atoms with Crippen LogP contribution in [0.4, 0.5) is 0 Å². The van der Waals surface area contributed by atoms with Crippen molar-refractivity contribution < 1.29 is 8.98 Å². The average molecular weight is 346 g/mol. The number of fused-ring (bicyclic) bond motifs is 1. The minimum Gasteiger partial charge on any atom is -0.436 e. The van der Waals surface area contributed by atoms with E-state index in [0.717, 1.165) is 39.7 Å². The molecule has 2 heterocycles. The van der Waals surface area contributed by atoms with Gasteiger partial charge >= 0.3 is 0 Å². The lowest BCUT2D eigenvalue weighted by Gasteiger charge is -1.98. The van der Waals surface area contributed by atoms with Crippen molar-refractivity contribution in [2.24, 2.45) is 0 Å². The van der Waals surface area contributed by atoms with Gasteiger partial charge in [0.05, 0.1) is 4.47 Å². The van der Waals surface area contributed by atoms with Gasteiger partial charge in [-0.25, -0.2) is 9.55 Å². The molecule has 1 aromatic carbocycles. The van der Waals surface area contributed by atoms with Crippen molar-refractivity contribution in [3.63, 3.8) is 0 Å². The zero-order valence-electron chi connectivity index (χ0n) is 12.5. The monoisotopic (exact) mass is 345 g/mol. The molecule has 4 heteroatoms. The molecule has 108 valence electrons. The average Bonchev–Trinajstić information content (AvgIpc) is 2.82. The van der Waals surface area contributed by atoms with Crippen LogP contribution in [0.5, 0.6) is 0 Å². The predicted molar refractivity (Wildman–Crippen MR) is 87.1 cm³/mol. The molecule has 21 heavy (non-hydrogen) atoms. The number of hydrogen-bond acceptors (Lipinski definition) is 2. The maximum atomic E-state index is 5.98. The van der Waals surface area contributed by atoms with E-state index in [4.69, 9.17) is 4.42 Å². The van der Waals surface area contributed by atoms with Crippen LogP contribution in [0.3, 0.4) is 0 Å². The SMILES string of the molecule is CCC[n+]1cc(Br)cc(-c2nc3cc(C)cc(C)c3o2)c1. The van der Waals surface area contributed by atoms with Gasteiger partial charge in [-0.2, -0.15) is 0 Å². The lowest BCUT2D eigenvalue weighted by Crippen LogP contribution is -2.32. The molecule has 0 aliphatic carbocycles. The molecule has 0 aliphatic heterocycles. The summed E-state index contributed by atoms with van der Waals surface area (Å²) < 4.78 is 9.17. The quantitative estimate of drug-likeness (QED) is 0.650. The van der Waals surface area contributed by atoms with E-state index in [9.17, 15) is 0 Å². The summed E-state index contributed by atoms with van der Waals surface area (Å²) in [6.07, 6.45) is 5.25. The number of hydrogen-bond donors (Lipinski definition) is 0. The van der Waals surface area contributed by atoms with Crippen molar-refractivity contribution in [1.82, 2.24) is 4.98 Å². The maximum Gasteiger partial charge on any atom is 0.233 e. The number of halogens is 1. The van der Waals surface area contributed by atoms with Gasteiger partial charge < -0.3 is 4.42 Å². The van der Waals surface area contributed by atoms with Gasteiger partial charge in [-0.15, -0.1) is 0 Å². The van der Waals surface area contributed by atoms with Crippen molar-refractivity contribution in [3.05, 3.63) is 46.2 Å². The Hall–Kier alpha value is -1.68. The summed E-state index contributed by atoms with van der Waals surface area (Å²) >= 11 is 3.56. The molecule has 0 fully saturated rings. The van der Waals surface area contributed by atoms with Crippen LogP contribution in [0.25, 0.3) is 22.6 Å². The molecule has 2 aromatic heterocycles. The van der Waals surface area contributed by atoms with Crippen LogP contribution in [-0.2, 0) is 6.54 Å². The Morgan fingerprint density at radius 1 is 1.19 bits per heavy atom. The summed E-state index contributed by atoms with van der Waals surface area (Å²) in [5.41, 5.74) is 5.11. The molecule has 0 saturated heterocycles. The molecule has 3 rings (SSSR count). The topological polar surface area (TPSA) is 29.9 Å². The van der Waals surface area contributed by atoms with Crippen LogP contribution in [0.1, 0.15) is 24.5 Å². The zero-order chi connectivity index (χ0) is 15.0. The highest BCUT2D eigenvalue weighted by Crippen LogP contribution is 2.27. The number of nitrogens with zero attached hydrogens (tertiary/aromatic N) is 2. The highest BCUT2D eigenvalue weighted by Gasteiger charge is 2.15. The second-order valence-electron chi connectivity index (χ2n) is 5.43. The van der Waals surface area contributed by atoms with Crippen molar-refractivity contribution in [2.45, 2.75) is 33.7 Å². The van der Waals surface area contributed by atoms with E-state index in [1.165, 1.54) is 5.56 Å². The zero-order valence-corrected chi connectivity index (χ0v) is 14.1. The summed E-state index contributed by atoms with van der Waals surface area (Å²) in [5.74, 6) is 0.671. The Kier molecular flexibility index (Phi) is 3.81. The number of aryl methyl sites for hydroxylation is 3. The van der Waals surface area contributed by atoms with Crippen LogP contribution in [-0.4, -0.2) is 4.98 Å². The van der Waals surface area contributed by atoms with Crippen LogP contribution in [0.15, 0.2) is 39.5 Å². The molecule has 3 aromatic rings. The van der Waals surface area contributed by atoms with E-state index < -0.39 is 0 Å². The summed E-state index contributed by atoms with van der Waals surface area (Å²) in [6.45, 7) is 7.28. The van der Waals surface area contributed by atoms with E-state index in [2.05, 4.69) is 70.8 Å². The molecule has 0 saturated carbocycles. The van der Waals surface area contributed by atoms with Crippen molar-refractivity contribution in [1.29, 1.82) is 0 Å².